The van der Waals surface area contributed by atoms with Crippen molar-refractivity contribution in [1.29, 1.82) is 0 Å². The first kappa shape index (κ1) is 18.1. The lowest BCUT2D eigenvalue weighted by Crippen LogP contribution is -2.51. The first-order chi connectivity index (χ1) is 9.32. The number of hydrogen-bond acceptors (Lipinski definition) is 5. The van der Waals surface area contributed by atoms with Gasteiger partial charge in [-0.15, -0.1) is 12.4 Å². The van der Waals surface area contributed by atoms with E-state index >= 15 is 0 Å². The minimum Gasteiger partial charge on any atom is -0.312 e. The van der Waals surface area contributed by atoms with Crippen molar-refractivity contribution < 1.29 is 13.3 Å². The van der Waals surface area contributed by atoms with Crippen molar-refractivity contribution in [2.24, 2.45) is 0 Å². The molecule has 1 aliphatic heterocycles. The Hall–Kier alpha value is -0.930. The molecule has 1 aromatic carbocycles. The molecule has 0 aliphatic carbocycles. The van der Waals surface area contributed by atoms with E-state index < -0.39 is 14.9 Å². The van der Waals surface area contributed by atoms with Crippen LogP contribution in [0, 0.1) is 10.1 Å². The summed E-state index contributed by atoms with van der Waals surface area (Å²) >= 11 is 5.89. The van der Waals surface area contributed by atoms with Crippen molar-refractivity contribution in [3.63, 3.8) is 0 Å². The fourth-order valence-electron chi connectivity index (χ4n) is 2.07. The molecule has 0 saturated carbocycles. The summed E-state index contributed by atoms with van der Waals surface area (Å²) in [6, 6.07) is 3.43. The summed E-state index contributed by atoms with van der Waals surface area (Å²) < 4.78 is 26.3. The second kappa shape index (κ2) is 6.89. The molecule has 1 aromatic rings. The highest BCUT2D eigenvalue weighted by Crippen LogP contribution is 2.28. The van der Waals surface area contributed by atoms with Gasteiger partial charge in [-0.05, 0) is 13.0 Å². The summed E-state index contributed by atoms with van der Waals surface area (Å²) in [5, 5.41) is 13.6. The van der Waals surface area contributed by atoms with E-state index in [0.717, 1.165) is 12.1 Å². The Labute approximate surface area is 133 Å². The van der Waals surface area contributed by atoms with Gasteiger partial charge in [-0.1, -0.05) is 11.6 Å². The molecule has 0 bridgehead atoms. The summed E-state index contributed by atoms with van der Waals surface area (Å²) in [7, 11) is -3.73. The Morgan fingerprint density at radius 3 is 2.67 bits per heavy atom. The van der Waals surface area contributed by atoms with Crippen LogP contribution in [-0.2, 0) is 10.0 Å². The Bertz CT molecular complexity index is 638. The van der Waals surface area contributed by atoms with Gasteiger partial charge >= 0.3 is 0 Å². The summed E-state index contributed by atoms with van der Waals surface area (Å²) in [4.78, 5) is 9.92. The number of benzene rings is 1. The Morgan fingerprint density at radius 2 is 2.14 bits per heavy atom. The Balaban J connectivity index is 0.00000220. The smallest absolute Gasteiger partial charge is 0.271 e. The number of rotatable bonds is 3. The van der Waals surface area contributed by atoms with Crippen LogP contribution in [-0.4, -0.2) is 43.3 Å². The summed E-state index contributed by atoms with van der Waals surface area (Å²) in [5.41, 5.74) is -0.234. The zero-order valence-corrected chi connectivity index (χ0v) is 13.5. The molecule has 1 heterocycles. The first-order valence-corrected chi connectivity index (χ1v) is 7.81. The minimum absolute atomic E-state index is 0. The highest BCUT2D eigenvalue weighted by molar-refractivity contribution is 7.89. The van der Waals surface area contributed by atoms with Gasteiger partial charge in [0.05, 0.1) is 9.95 Å². The van der Waals surface area contributed by atoms with E-state index in [1.807, 2.05) is 6.92 Å². The second-order valence-corrected chi connectivity index (χ2v) is 6.90. The maximum atomic E-state index is 12.5. The van der Waals surface area contributed by atoms with Crippen molar-refractivity contribution in [2.75, 3.05) is 19.6 Å². The molecule has 1 atom stereocenters. The molecule has 7 nitrogen and oxygen atoms in total. The molecule has 0 spiro atoms. The Morgan fingerprint density at radius 1 is 1.48 bits per heavy atom. The number of nitrogens with zero attached hydrogens (tertiary/aromatic N) is 2. The number of nitro groups is 1. The van der Waals surface area contributed by atoms with Gasteiger partial charge < -0.3 is 5.32 Å². The second-order valence-electron chi connectivity index (χ2n) is 4.59. The van der Waals surface area contributed by atoms with Crippen LogP contribution < -0.4 is 5.32 Å². The summed E-state index contributed by atoms with van der Waals surface area (Å²) in [5.74, 6) is 0. The van der Waals surface area contributed by atoms with Crippen molar-refractivity contribution in [3.05, 3.63) is 33.3 Å². The Kier molecular flexibility index (Phi) is 5.94. The van der Waals surface area contributed by atoms with Gasteiger partial charge in [0.1, 0.15) is 4.90 Å². The zero-order valence-electron chi connectivity index (χ0n) is 11.2. The fraction of sp³-hybridized carbons (Fsp3) is 0.455. The molecule has 1 saturated heterocycles. The lowest BCUT2D eigenvalue weighted by molar-refractivity contribution is -0.384. The van der Waals surface area contributed by atoms with Crippen LogP contribution in [0.25, 0.3) is 0 Å². The predicted octanol–water partition coefficient (Wildman–Crippen LogP) is 1.65. The number of non-ortho nitro benzene ring substituents is 1. The lowest BCUT2D eigenvalue weighted by Gasteiger charge is -2.31. The SMILES string of the molecule is C[C@@H]1CN(S(=O)(=O)c2ccc([N+](=O)[O-])cc2Cl)CCN1.Cl. The van der Waals surface area contributed by atoms with Gasteiger partial charge in [-0.2, -0.15) is 4.31 Å². The number of hydrogen-bond donors (Lipinski definition) is 1. The minimum atomic E-state index is -3.73. The number of piperazine rings is 1. The first-order valence-electron chi connectivity index (χ1n) is 6.00. The molecule has 21 heavy (non-hydrogen) atoms. The van der Waals surface area contributed by atoms with Crippen molar-refractivity contribution in [1.82, 2.24) is 9.62 Å². The number of halogens is 2. The normalized spacial score (nSPS) is 19.8. The third-order valence-corrected chi connectivity index (χ3v) is 5.42. The number of nitrogens with one attached hydrogen (secondary N) is 1. The van der Waals surface area contributed by atoms with Crippen LogP contribution in [0.2, 0.25) is 5.02 Å². The molecule has 1 fully saturated rings. The standard InChI is InChI=1S/C11H14ClN3O4S.ClH/c1-8-7-14(5-4-13-8)20(18,19)11-3-2-9(15(16)17)6-10(11)12;/h2-3,6,8,13H,4-5,7H2,1H3;1H/t8-;/m1./s1. The van der Waals surface area contributed by atoms with Crippen LogP contribution in [0.5, 0.6) is 0 Å². The van der Waals surface area contributed by atoms with Gasteiger partial charge in [0.15, 0.2) is 0 Å². The fourth-order valence-corrected chi connectivity index (χ4v) is 4.11. The molecule has 10 heteroatoms. The van der Waals surface area contributed by atoms with Crippen LogP contribution in [0.15, 0.2) is 23.1 Å². The molecule has 0 aromatic heterocycles. The molecule has 118 valence electrons. The average Bonchev–Trinajstić information content (AvgIpc) is 2.38. The number of sulfonamides is 1. The van der Waals surface area contributed by atoms with Crippen LogP contribution in [0.4, 0.5) is 5.69 Å². The van der Waals surface area contributed by atoms with E-state index in [2.05, 4.69) is 5.32 Å². The summed E-state index contributed by atoms with van der Waals surface area (Å²) in [6.45, 7) is 3.14. The maximum absolute atomic E-state index is 12.5. The van der Waals surface area contributed by atoms with Gasteiger partial charge in [-0.3, -0.25) is 10.1 Å². The van der Waals surface area contributed by atoms with Gasteiger partial charge in [0.25, 0.3) is 5.69 Å². The topological polar surface area (TPSA) is 92.5 Å². The highest BCUT2D eigenvalue weighted by atomic mass is 35.5. The quantitative estimate of drug-likeness (QED) is 0.657. The van der Waals surface area contributed by atoms with E-state index in [-0.39, 0.29) is 34.1 Å². The summed E-state index contributed by atoms with van der Waals surface area (Å²) in [6.07, 6.45) is 0. The molecule has 1 N–H and O–H groups in total. The average molecular weight is 356 g/mol. The highest BCUT2D eigenvalue weighted by Gasteiger charge is 2.30. The third-order valence-electron chi connectivity index (χ3n) is 3.08. The van der Waals surface area contributed by atoms with Crippen LogP contribution in [0.1, 0.15) is 6.92 Å². The lowest BCUT2D eigenvalue weighted by atomic mass is 10.3. The third kappa shape index (κ3) is 3.83. The molecular weight excluding hydrogens is 341 g/mol. The molecule has 0 radical (unpaired) electrons. The van der Waals surface area contributed by atoms with Crippen LogP contribution in [0.3, 0.4) is 0 Å². The van der Waals surface area contributed by atoms with Gasteiger partial charge in [0.2, 0.25) is 10.0 Å². The largest absolute Gasteiger partial charge is 0.312 e. The van der Waals surface area contributed by atoms with Crippen molar-refractivity contribution in [2.45, 2.75) is 17.9 Å². The molecule has 0 unspecified atom stereocenters. The molecule has 2 rings (SSSR count). The van der Waals surface area contributed by atoms with E-state index in [1.165, 1.54) is 10.4 Å². The van der Waals surface area contributed by atoms with Crippen LogP contribution >= 0.6 is 24.0 Å². The van der Waals surface area contributed by atoms with Gasteiger partial charge in [-0.25, -0.2) is 8.42 Å². The molecule has 1 aliphatic rings. The van der Waals surface area contributed by atoms with E-state index in [9.17, 15) is 18.5 Å². The zero-order chi connectivity index (χ0) is 14.9. The van der Waals surface area contributed by atoms with Crippen molar-refractivity contribution in [3.8, 4) is 0 Å². The number of nitro benzene ring substituents is 1. The monoisotopic (exact) mass is 355 g/mol. The van der Waals surface area contributed by atoms with E-state index in [1.54, 1.807) is 0 Å². The van der Waals surface area contributed by atoms with E-state index in [4.69, 9.17) is 11.6 Å². The van der Waals surface area contributed by atoms with Gasteiger partial charge in [0, 0.05) is 37.8 Å². The maximum Gasteiger partial charge on any atom is 0.271 e. The molecular formula is C11H15Cl2N3O4S. The predicted molar refractivity (Wildman–Crippen MR) is 81.6 cm³/mol. The molecule has 0 amide bonds. The van der Waals surface area contributed by atoms with E-state index in [0.29, 0.717) is 19.6 Å². The van der Waals surface area contributed by atoms with Crippen molar-refractivity contribution >= 4 is 39.7 Å².